The zero-order valence-corrected chi connectivity index (χ0v) is 25.2. The summed E-state index contributed by atoms with van der Waals surface area (Å²) >= 11 is 0. The third-order valence-electron chi connectivity index (χ3n) is 7.02. The molecule has 5 aromatic rings. The molecule has 0 radical (unpaired) electrons. The number of carbonyl (C=O) groups excluding carboxylic acids is 3. The number of nitrogens with one attached hydrogen (secondary N) is 1. The first kappa shape index (κ1) is 31.9. The summed E-state index contributed by atoms with van der Waals surface area (Å²) in [6, 6.07) is 11.8. The predicted octanol–water partition coefficient (Wildman–Crippen LogP) is 5.38. The Labute approximate surface area is 261 Å². The van der Waals surface area contributed by atoms with E-state index in [0.717, 1.165) is 18.2 Å². The number of likely N-dealkylation sites (N-methyl/N-ethyl adjacent to an activating group) is 1. The molecule has 238 valence electrons. The zero-order chi connectivity index (χ0) is 33.0. The van der Waals surface area contributed by atoms with Gasteiger partial charge in [0.25, 0.3) is 5.91 Å². The van der Waals surface area contributed by atoms with Crippen LogP contribution >= 0.6 is 0 Å². The Bertz CT molecular complexity index is 1890. The Hall–Kier alpha value is -5.53. The van der Waals surface area contributed by atoms with E-state index < -0.39 is 29.5 Å². The maximum absolute atomic E-state index is 15.7. The van der Waals surface area contributed by atoms with Gasteiger partial charge in [0.2, 0.25) is 18.0 Å². The molecule has 5 rings (SSSR count). The smallest absolute Gasteiger partial charge is 0.334 e. The van der Waals surface area contributed by atoms with E-state index in [4.69, 9.17) is 4.74 Å². The number of ether oxygens (including phenoxy) is 1. The van der Waals surface area contributed by atoms with Gasteiger partial charge in [-0.25, -0.2) is 13.9 Å². The van der Waals surface area contributed by atoms with Crippen LogP contribution in [0.2, 0.25) is 0 Å². The number of halogens is 3. The van der Waals surface area contributed by atoms with Gasteiger partial charge in [-0.15, -0.1) is 0 Å². The summed E-state index contributed by atoms with van der Waals surface area (Å²) in [5, 5.41) is 11.2. The number of benzene rings is 2. The molecule has 0 bridgehead atoms. The van der Waals surface area contributed by atoms with E-state index >= 15 is 8.78 Å². The quantitative estimate of drug-likeness (QED) is 0.183. The number of hydrogen-bond acceptors (Lipinski definition) is 7. The number of alkyl halides is 3. The van der Waals surface area contributed by atoms with Gasteiger partial charge in [0.1, 0.15) is 23.6 Å². The highest BCUT2D eigenvalue weighted by Crippen LogP contribution is 2.41. The van der Waals surface area contributed by atoms with Crippen molar-refractivity contribution >= 4 is 28.9 Å². The van der Waals surface area contributed by atoms with Gasteiger partial charge in [0.05, 0.1) is 11.9 Å². The lowest BCUT2D eigenvalue weighted by molar-refractivity contribution is -0.129. The van der Waals surface area contributed by atoms with Crippen LogP contribution in [0.25, 0.3) is 16.9 Å². The van der Waals surface area contributed by atoms with Gasteiger partial charge < -0.3 is 15.0 Å². The van der Waals surface area contributed by atoms with Gasteiger partial charge in [-0.2, -0.15) is 19.0 Å². The van der Waals surface area contributed by atoms with Crippen LogP contribution in [0.3, 0.4) is 0 Å². The van der Waals surface area contributed by atoms with Gasteiger partial charge in [-0.05, 0) is 30.7 Å². The zero-order valence-electron chi connectivity index (χ0n) is 25.2. The number of carbonyl (C=O) groups is 3. The Kier molecular flexibility index (Phi) is 9.16. The third kappa shape index (κ3) is 6.60. The first-order chi connectivity index (χ1) is 22.0. The molecular formula is C32H30F3N7O4. The fourth-order valence-corrected chi connectivity index (χ4v) is 4.59. The van der Waals surface area contributed by atoms with E-state index in [1.807, 2.05) is 0 Å². The summed E-state index contributed by atoms with van der Waals surface area (Å²) in [6.07, 6.45) is 4.40. The molecule has 11 nitrogen and oxygen atoms in total. The molecule has 1 unspecified atom stereocenters. The van der Waals surface area contributed by atoms with Crippen LogP contribution < -0.4 is 10.1 Å². The molecule has 0 saturated heterocycles. The van der Waals surface area contributed by atoms with Gasteiger partial charge >= 0.3 is 5.92 Å². The van der Waals surface area contributed by atoms with Crippen molar-refractivity contribution < 1.29 is 32.3 Å². The maximum atomic E-state index is 15.7. The topological polar surface area (TPSA) is 124 Å². The molecule has 3 aromatic heterocycles. The van der Waals surface area contributed by atoms with Crippen LogP contribution in [0.1, 0.15) is 46.0 Å². The maximum Gasteiger partial charge on any atom is 0.334 e. The first-order valence-corrected chi connectivity index (χ1v) is 14.3. The summed E-state index contributed by atoms with van der Waals surface area (Å²) in [7, 11) is 3.09. The lowest BCUT2D eigenvalue weighted by atomic mass is 9.96. The Morgan fingerprint density at radius 1 is 1.09 bits per heavy atom. The van der Waals surface area contributed by atoms with Crippen LogP contribution in [0.5, 0.6) is 5.75 Å². The monoisotopic (exact) mass is 633 g/mol. The Balaban J connectivity index is 1.63. The minimum Gasteiger partial charge on any atom is -0.460 e. The van der Waals surface area contributed by atoms with Crippen molar-refractivity contribution in [1.82, 2.24) is 29.3 Å². The molecule has 0 aliphatic heterocycles. The first-order valence-electron chi connectivity index (χ1n) is 14.3. The average molecular weight is 634 g/mol. The summed E-state index contributed by atoms with van der Waals surface area (Å²) in [6.45, 7) is 1.48. The molecule has 1 atom stereocenters. The van der Waals surface area contributed by atoms with Gasteiger partial charge in [0, 0.05) is 55.8 Å². The van der Waals surface area contributed by atoms with Crippen LogP contribution in [0.4, 0.5) is 18.9 Å². The van der Waals surface area contributed by atoms with E-state index in [-0.39, 0.29) is 58.3 Å². The SMILES string of the molecule is CCCC(F)Oc1ccc(C(F)(F)C(=O)c2ccccc2)cc1-c1nn(CC(=O)N(C)C)cc1NC(=O)c1cnn2cccnc12. The van der Waals surface area contributed by atoms with Crippen molar-refractivity contribution in [2.75, 3.05) is 19.4 Å². The highest BCUT2D eigenvalue weighted by atomic mass is 19.3. The highest BCUT2D eigenvalue weighted by Gasteiger charge is 2.42. The van der Waals surface area contributed by atoms with Crippen molar-refractivity contribution in [2.45, 2.75) is 38.6 Å². The van der Waals surface area contributed by atoms with Crippen LogP contribution in [-0.2, 0) is 17.3 Å². The van der Waals surface area contributed by atoms with Crippen molar-refractivity contribution in [3.05, 3.63) is 96.1 Å². The van der Waals surface area contributed by atoms with Crippen molar-refractivity contribution in [3.8, 4) is 17.0 Å². The number of nitrogens with zero attached hydrogens (tertiary/aromatic N) is 6. The number of fused-ring (bicyclic) bond motifs is 1. The molecule has 46 heavy (non-hydrogen) atoms. The van der Waals surface area contributed by atoms with Crippen molar-refractivity contribution in [1.29, 1.82) is 0 Å². The van der Waals surface area contributed by atoms with Gasteiger partial charge in [0.15, 0.2) is 5.65 Å². The predicted molar refractivity (Wildman–Crippen MR) is 162 cm³/mol. The summed E-state index contributed by atoms with van der Waals surface area (Å²) < 4.78 is 54.4. The Morgan fingerprint density at radius 3 is 2.57 bits per heavy atom. The number of hydrogen-bond donors (Lipinski definition) is 1. The largest absolute Gasteiger partial charge is 0.460 e. The van der Waals surface area contributed by atoms with Gasteiger partial charge in [-0.1, -0.05) is 37.3 Å². The number of aromatic nitrogens is 5. The molecule has 0 spiro atoms. The van der Waals surface area contributed by atoms with Crippen LogP contribution in [-0.4, -0.2) is 67.3 Å². The number of amides is 2. The fourth-order valence-electron chi connectivity index (χ4n) is 4.59. The van der Waals surface area contributed by atoms with Crippen molar-refractivity contribution in [3.63, 3.8) is 0 Å². The molecular weight excluding hydrogens is 603 g/mol. The molecule has 14 heteroatoms. The fraction of sp³-hybridized carbons (Fsp3) is 0.250. The molecule has 0 aliphatic rings. The van der Waals surface area contributed by atoms with Crippen molar-refractivity contribution in [2.24, 2.45) is 0 Å². The third-order valence-corrected chi connectivity index (χ3v) is 7.02. The number of ketones is 1. The standard InChI is InChI=1S/C32H30F3N7O4/c1-4-9-26(33)46-25-13-12-21(32(34,35)29(44)20-10-6-5-7-11-20)16-22(25)28-24(18-41(39-28)19-27(43)40(2)3)38-31(45)23-17-37-42-15-8-14-36-30(23)42/h5-8,10-18,26H,4,9,19H2,1-3H3,(H,38,45). The van der Waals surface area contributed by atoms with E-state index in [1.54, 1.807) is 39.3 Å². The molecule has 3 heterocycles. The lowest BCUT2D eigenvalue weighted by Gasteiger charge is -2.19. The van der Waals surface area contributed by atoms with Crippen LogP contribution in [0.15, 0.2) is 79.4 Å². The van der Waals surface area contributed by atoms with E-state index in [2.05, 4.69) is 20.5 Å². The molecule has 0 fully saturated rings. The highest BCUT2D eigenvalue weighted by molar-refractivity contribution is 6.09. The van der Waals surface area contributed by atoms with Gasteiger partial charge in [-0.3, -0.25) is 19.1 Å². The number of Topliss-reactive ketones (excluding diaryl/α,β-unsaturated/α-hetero) is 1. The second kappa shape index (κ2) is 13.2. The number of anilines is 1. The molecule has 0 saturated carbocycles. The summed E-state index contributed by atoms with van der Waals surface area (Å²) in [4.78, 5) is 44.5. The van der Waals surface area contributed by atoms with E-state index in [0.29, 0.717) is 6.42 Å². The second-order valence-electron chi connectivity index (χ2n) is 10.6. The second-order valence-corrected chi connectivity index (χ2v) is 10.6. The summed E-state index contributed by atoms with van der Waals surface area (Å²) in [5.74, 6) is -6.62. The molecule has 2 aromatic carbocycles. The minimum atomic E-state index is -4.00. The Morgan fingerprint density at radius 2 is 1.85 bits per heavy atom. The molecule has 0 aliphatic carbocycles. The van der Waals surface area contributed by atoms with Crippen LogP contribution in [0, 0.1) is 0 Å². The normalized spacial score (nSPS) is 12.1. The van der Waals surface area contributed by atoms with E-state index in [1.165, 1.54) is 57.0 Å². The molecule has 2 amide bonds. The lowest BCUT2D eigenvalue weighted by Crippen LogP contribution is -2.26. The minimum absolute atomic E-state index is 0.00237. The summed E-state index contributed by atoms with van der Waals surface area (Å²) in [5.41, 5.74) is -0.811. The number of rotatable bonds is 12. The molecule has 1 N–H and O–H groups in total. The average Bonchev–Trinajstić information content (AvgIpc) is 3.65. The van der Waals surface area contributed by atoms with E-state index in [9.17, 15) is 18.8 Å².